The molecule has 0 aromatic heterocycles. The van der Waals surface area contributed by atoms with Crippen LogP contribution in [0.1, 0.15) is 53.4 Å². The highest BCUT2D eigenvalue weighted by molar-refractivity contribution is 5.99. The third-order valence-electron chi connectivity index (χ3n) is 2.59. The van der Waals surface area contributed by atoms with Crippen LogP contribution in [-0.2, 0) is 19.1 Å². The van der Waals surface area contributed by atoms with E-state index in [1.807, 2.05) is 0 Å². The smallest absolute Gasteiger partial charge is 0.334 e. The third-order valence-corrected chi connectivity index (χ3v) is 2.59. The Morgan fingerprint density at radius 3 is 1.94 bits per heavy atom. The molecule has 0 saturated carbocycles. The van der Waals surface area contributed by atoms with E-state index in [9.17, 15) is 9.59 Å². The van der Waals surface area contributed by atoms with Crippen LogP contribution in [0.5, 0.6) is 0 Å². The van der Waals surface area contributed by atoms with E-state index in [4.69, 9.17) is 9.47 Å². The number of hydrogen-bond acceptors (Lipinski definition) is 4. The lowest BCUT2D eigenvalue weighted by molar-refractivity contribution is -0.141. The van der Waals surface area contributed by atoms with Crippen molar-refractivity contribution in [2.45, 2.75) is 53.4 Å². The Hall–Kier alpha value is -1.32. The summed E-state index contributed by atoms with van der Waals surface area (Å²) in [6.45, 7) is 7.82. The van der Waals surface area contributed by atoms with Gasteiger partial charge in [-0.1, -0.05) is 19.8 Å². The number of ether oxygens (including phenoxy) is 2. The van der Waals surface area contributed by atoms with Gasteiger partial charge in [-0.3, -0.25) is 0 Å². The largest absolute Gasteiger partial charge is 0.463 e. The van der Waals surface area contributed by atoms with Gasteiger partial charge in [0, 0.05) is 11.1 Å². The molecule has 4 heteroatoms. The molecule has 4 nitrogen and oxygen atoms in total. The quantitative estimate of drug-likeness (QED) is 0.380. The van der Waals surface area contributed by atoms with Gasteiger partial charge in [-0.15, -0.1) is 0 Å². The molecule has 0 heterocycles. The molecule has 0 amide bonds. The molecule has 0 fully saturated rings. The lowest BCUT2D eigenvalue weighted by Gasteiger charge is -2.10. The summed E-state index contributed by atoms with van der Waals surface area (Å²) in [5, 5.41) is 0. The van der Waals surface area contributed by atoms with Crippen molar-refractivity contribution in [1.29, 1.82) is 0 Å². The molecular formula is C14H24O4. The number of esters is 2. The van der Waals surface area contributed by atoms with Gasteiger partial charge in [0.15, 0.2) is 0 Å². The first kappa shape index (κ1) is 16.7. The molecule has 0 N–H and O–H groups in total. The van der Waals surface area contributed by atoms with Crippen molar-refractivity contribution >= 4 is 11.9 Å². The molecule has 0 aromatic rings. The minimum atomic E-state index is -0.433. The second kappa shape index (κ2) is 9.68. The van der Waals surface area contributed by atoms with Crippen molar-refractivity contribution in [3.8, 4) is 0 Å². The Balaban J connectivity index is 4.86. The summed E-state index contributed by atoms with van der Waals surface area (Å²) in [7, 11) is 0. The highest BCUT2D eigenvalue weighted by Crippen LogP contribution is 2.16. The molecular weight excluding hydrogens is 232 g/mol. The molecule has 0 saturated heterocycles. The second-order valence-corrected chi connectivity index (χ2v) is 4.00. The molecule has 0 aliphatic heterocycles. The van der Waals surface area contributed by atoms with E-state index in [0.29, 0.717) is 30.8 Å². The molecule has 18 heavy (non-hydrogen) atoms. The maximum absolute atomic E-state index is 11.8. The van der Waals surface area contributed by atoms with Gasteiger partial charge in [0.2, 0.25) is 0 Å². The molecule has 0 aliphatic carbocycles. The van der Waals surface area contributed by atoms with E-state index >= 15 is 0 Å². The lowest BCUT2D eigenvalue weighted by Crippen LogP contribution is -2.15. The van der Waals surface area contributed by atoms with Gasteiger partial charge in [-0.2, -0.15) is 0 Å². The van der Waals surface area contributed by atoms with Crippen LogP contribution in [-0.4, -0.2) is 25.2 Å². The highest BCUT2D eigenvalue weighted by atomic mass is 16.5. The Morgan fingerprint density at radius 1 is 0.889 bits per heavy atom. The van der Waals surface area contributed by atoms with Crippen molar-refractivity contribution in [2.75, 3.05) is 13.2 Å². The predicted molar refractivity (Wildman–Crippen MR) is 70.1 cm³/mol. The van der Waals surface area contributed by atoms with Crippen molar-refractivity contribution in [2.24, 2.45) is 0 Å². The van der Waals surface area contributed by atoms with Gasteiger partial charge in [0.1, 0.15) is 0 Å². The van der Waals surface area contributed by atoms with E-state index < -0.39 is 11.9 Å². The number of carbonyl (C=O) groups is 2. The molecule has 0 spiro atoms. The average Bonchev–Trinajstić information content (AvgIpc) is 2.34. The standard InChI is InChI=1S/C14H24O4/c1-5-8-9-10-12(14(16)18-7-3)11(4)13(15)17-6-2/h5-10H2,1-4H3. The van der Waals surface area contributed by atoms with E-state index in [-0.39, 0.29) is 0 Å². The Morgan fingerprint density at radius 2 is 1.44 bits per heavy atom. The first-order chi connectivity index (χ1) is 8.58. The zero-order valence-electron chi connectivity index (χ0n) is 11.9. The van der Waals surface area contributed by atoms with Gasteiger partial charge < -0.3 is 9.47 Å². The zero-order valence-corrected chi connectivity index (χ0v) is 11.9. The van der Waals surface area contributed by atoms with Gasteiger partial charge in [-0.25, -0.2) is 9.59 Å². The van der Waals surface area contributed by atoms with Gasteiger partial charge in [-0.05, 0) is 33.6 Å². The molecule has 104 valence electrons. The number of hydrogen-bond donors (Lipinski definition) is 0. The number of carbonyl (C=O) groups excluding carboxylic acids is 2. The maximum atomic E-state index is 11.8. The first-order valence-corrected chi connectivity index (χ1v) is 6.62. The Bertz CT molecular complexity index is 305. The topological polar surface area (TPSA) is 52.6 Å². The monoisotopic (exact) mass is 256 g/mol. The predicted octanol–water partition coefficient (Wildman–Crippen LogP) is 3.01. The molecule has 0 unspecified atom stereocenters. The molecule has 0 aromatic carbocycles. The fourth-order valence-electron chi connectivity index (χ4n) is 1.58. The van der Waals surface area contributed by atoms with Crippen LogP contribution in [0, 0.1) is 0 Å². The van der Waals surface area contributed by atoms with Crippen molar-refractivity contribution in [3.63, 3.8) is 0 Å². The van der Waals surface area contributed by atoms with E-state index in [1.165, 1.54) is 0 Å². The van der Waals surface area contributed by atoms with E-state index in [2.05, 4.69) is 6.92 Å². The summed E-state index contributed by atoms with van der Waals surface area (Å²) < 4.78 is 9.89. The van der Waals surface area contributed by atoms with Crippen LogP contribution in [0.3, 0.4) is 0 Å². The molecule has 0 bridgehead atoms. The second-order valence-electron chi connectivity index (χ2n) is 4.00. The zero-order chi connectivity index (χ0) is 14.0. The summed E-state index contributed by atoms with van der Waals surface area (Å²) in [6.07, 6.45) is 3.53. The molecule has 0 aliphatic rings. The molecule has 0 rings (SSSR count). The summed E-state index contributed by atoms with van der Waals surface area (Å²) >= 11 is 0. The van der Waals surface area contributed by atoms with Gasteiger partial charge in [0.25, 0.3) is 0 Å². The third kappa shape index (κ3) is 5.84. The summed E-state index contributed by atoms with van der Waals surface area (Å²) in [5.41, 5.74) is 0.815. The SMILES string of the molecule is CCCCCC(C(=O)OCC)=C(C)C(=O)OCC. The number of rotatable bonds is 8. The van der Waals surface area contributed by atoms with Crippen LogP contribution in [0.15, 0.2) is 11.1 Å². The summed E-state index contributed by atoms with van der Waals surface area (Å²) in [5.74, 6) is -0.837. The van der Waals surface area contributed by atoms with Crippen molar-refractivity contribution in [3.05, 3.63) is 11.1 Å². The summed E-state index contributed by atoms with van der Waals surface area (Å²) in [6, 6.07) is 0. The summed E-state index contributed by atoms with van der Waals surface area (Å²) in [4.78, 5) is 23.4. The maximum Gasteiger partial charge on any atom is 0.334 e. The first-order valence-electron chi connectivity index (χ1n) is 6.62. The normalized spacial score (nSPS) is 11.8. The van der Waals surface area contributed by atoms with Crippen molar-refractivity contribution < 1.29 is 19.1 Å². The fraction of sp³-hybridized carbons (Fsp3) is 0.714. The van der Waals surface area contributed by atoms with Gasteiger partial charge >= 0.3 is 11.9 Å². The van der Waals surface area contributed by atoms with Crippen LogP contribution in [0.2, 0.25) is 0 Å². The minimum Gasteiger partial charge on any atom is -0.463 e. The molecule has 0 radical (unpaired) electrons. The van der Waals surface area contributed by atoms with Crippen LogP contribution < -0.4 is 0 Å². The lowest BCUT2D eigenvalue weighted by atomic mass is 10.0. The van der Waals surface area contributed by atoms with Gasteiger partial charge in [0.05, 0.1) is 13.2 Å². The van der Waals surface area contributed by atoms with Crippen LogP contribution in [0.4, 0.5) is 0 Å². The number of unbranched alkanes of at least 4 members (excludes halogenated alkanes) is 2. The van der Waals surface area contributed by atoms with Crippen LogP contribution >= 0.6 is 0 Å². The minimum absolute atomic E-state index is 0.307. The average molecular weight is 256 g/mol. The van der Waals surface area contributed by atoms with E-state index in [0.717, 1.165) is 19.3 Å². The molecule has 0 atom stereocenters. The van der Waals surface area contributed by atoms with E-state index in [1.54, 1.807) is 20.8 Å². The Labute approximate surface area is 109 Å². The Kier molecular flexibility index (Phi) is 8.97. The van der Waals surface area contributed by atoms with Crippen molar-refractivity contribution in [1.82, 2.24) is 0 Å². The van der Waals surface area contributed by atoms with Crippen LogP contribution in [0.25, 0.3) is 0 Å². The fourth-order valence-corrected chi connectivity index (χ4v) is 1.58. The highest BCUT2D eigenvalue weighted by Gasteiger charge is 2.19.